The highest BCUT2D eigenvalue weighted by Crippen LogP contribution is 2.10. The molecule has 0 aliphatic carbocycles. The molecule has 0 rings (SSSR count). The average molecular weight is 294 g/mol. The zero-order chi connectivity index (χ0) is 16.6. The first-order valence-corrected chi connectivity index (χ1v) is 6.24. The van der Waals surface area contributed by atoms with Crippen molar-refractivity contribution < 1.29 is 34.1 Å². The molecule has 0 aliphatic heterocycles. The molecule has 0 bridgehead atoms. The summed E-state index contributed by atoms with van der Waals surface area (Å²) in [6, 6.07) is 0. The van der Waals surface area contributed by atoms with E-state index in [-0.39, 0.29) is 0 Å². The maximum absolute atomic E-state index is 10.1. The van der Waals surface area contributed by atoms with Gasteiger partial charge < -0.3 is 19.7 Å². The number of carboxylic acid groups (broad SMARTS) is 2. The van der Waals surface area contributed by atoms with Gasteiger partial charge in [-0.3, -0.25) is 9.59 Å². The largest absolute Gasteiger partial charge is 0.507 e. The zero-order valence-electron chi connectivity index (χ0n) is 12.8. The number of hydrogen-bond donors (Lipinski definition) is 2. The normalized spacial score (nSPS) is 9.85. The lowest BCUT2D eigenvalue weighted by atomic mass is 10.0. The molecule has 0 amide bonds. The molecule has 7 heteroatoms. The summed E-state index contributed by atoms with van der Waals surface area (Å²) in [4.78, 5) is 28.8. The second-order valence-electron chi connectivity index (χ2n) is 3.98. The minimum absolute atomic E-state index is 0.324. The molecule has 0 aromatic rings. The molecule has 7 nitrogen and oxygen atoms in total. The smallest absolute Gasteiger partial charge is 0.481 e. The van der Waals surface area contributed by atoms with Crippen LogP contribution in [0.1, 0.15) is 46.5 Å². The fraction of sp³-hybridized carbons (Fsp3) is 0.769. The molecule has 0 aliphatic rings. The number of methoxy groups -OCH3 is 2. The molecular formula is C13H26O7. The summed E-state index contributed by atoms with van der Waals surface area (Å²) in [5.74, 6) is -0.831. The van der Waals surface area contributed by atoms with Gasteiger partial charge in [-0.2, -0.15) is 0 Å². The van der Waals surface area contributed by atoms with E-state index in [0.717, 1.165) is 26.2 Å². The van der Waals surface area contributed by atoms with Gasteiger partial charge in [0.1, 0.15) is 0 Å². The maximum atomic E-state index is 10.1. The van der Waals surface area contributed by atoms with E-state index in [1.54, 1.807) is 0 Å². The number of ether oxygens (including phenoxy) is 2. The number of hydrogen-bond acceptors (Lipinski definition) is 5. The van der Waals surface area contributed by atoms with Crippen molar-refractivity contribution in [1.29, 1.82) is 0 Å². The fourth-order valence-electron chi connectivity index (χ4n) is 0.889. The van der Waals surface area contributed by atoms with Crippen LogP contribution in [0.2, 0.25) is 0 Å². The third-order valence-electron chi connectivity index (χ3n) is 2.12. The zero-order valence-corrected chi connectivity index (χ0v) is 12.8. The van der Waals surface area contributed by atoms with Crippen LogP contribution in [0.15, 0.2) is 0 Å². The minimum atomic E-state index is -0.833. The van der Waals surface area contributed by atoms with E-state index < -0.39 is 18.1 Å². The number of carbonyl (C=O) groups excluding carboxylic acids is 1. The van der Waals surface area contributed by atoms with E-state index in [1.807, 2.05) is 0 Å². The summed E-state index contributed by atoms with van der Waals surface area (Å²) in [5, 5.41) is 15.7. The Morgan fingerprint density at radius 1 is 1.10 bits per heavy atom. The topological polar surface area (TPSA) is 110 Å². The first kappa shape index (κ1) is 23.3. The molecule has 0 heterocycles. The Labute approximate surface area is 119 Å². The van der Waals surface area contributed by atoms with Crippen LogP contribution < -0.4 is 0 Å². The summed E-state index contributed by atoms with van der Waals surface area (Å²) >= 11 is 0. The molecule has 0 fully saturated rings. The Hall–Kier alpha value is -1.79. The monoisotopic (exact) mass is 294 g/mol. The first-order valence-electron chi connectivity index (χ1n) is 6.24. The standard InChI is InChI=1S/C8H16O2.C3H6O3.C2H4O2/c1-3-7(2)5-4-6-8(9)10;1-5-3(4)6-2;1-2(3)4/h7H,3-6H2,1-2H3,(H,9,10);1-2H3;1H3,(H,3,4). The van der Waals surface area contributed by atoms with Crippen LogP contribution in [0.4, 0.5) is 4.79 Å². The van der Waals surface area contributed by atoms with Crippen LogP contribution in [0.3, 0.4) is 0 Å². The third kappa shape index (κ3) is 36.0. The molecule has 1 atom stereocenters. The molecule has 0 aromatic carbocycles. The van der Waals surface area contributed by atoms with Crippen molar-refractivity contribution in [1.82, 2.24) is 0 Å². The predicted molar refractivity (Wildman–Crippen MR) is 73.7 cm³/mol. The van der Waals surface area contributed by atoms with Gasteiger partial charge in [0.25, 0.3) is 5.97 Å². The fourth-order valence-corrected chi connectivity index (χ4v) is 0.889. The van der Waals surface area contributed by atoms with Gasteiger partial charge in [0.15, 0.2) is 0 Å². The molecule has 20 heavy (non-hydrogen) atoms. The van der Waals surface area contributed by atoms with Crippen LogP contribution in [-0.2, 0) is 19.1 Å². The molecular weight excluding hydrogens is 268 g/mol. The predicted octanol–water partition coefficient (Wildman–Crippen LogP) is 2.78. The summed E-state index contributed by atoms with van der Waals surface area (Å²) in [7, 11) is 2.51. The molecule has 120 valence electrons. The Kier molecular flexibility index (Phi) is 20.1. The minimum Gasteiger partial charge on any atom is -0.481 e. The van der Waals surface area contributed by atoms with Crippen molar-refractivity contribution in [3.8, 4) is 0 Å². The van der Waals surface area contributed by atoms with Crippen molar-refractivity contribution in [2.45, 2.75) is 46.5 Å². The Morgan fingerprint density at radius 2 is 1.50 bits per heavy atom. The Balaban J connectivity index is -0.000000246. The maximum Gasteiger partial charge on any atom is 0.507 e. The van der Waals surface area contributed by atoms with Crippen LogP contribution in [-0.4, -0.2) is 42.5 Å². The number of carbonyl (C=O) groups is 3. The lowest BCUT2D eigenvalue weighted by molar-refractivity contribution is -0.137. The van der Waals surface area contributed by atoms with Gasteiger partial charge in [-0.05, 0) is 12.3 Å². The highest BCUT2D eigenvalue weighted by atomic mass is 16.7. The van der Waals surface area contributed by atoms with E-state index in [2.05, 4.69) is 23.3 Å². The second-order valence-corrected chi connectivity index (χ2v) is 3.98. The quantitative estimate of drug-likeness (QED) is 0.750. The van der Waals surface area contributed by atoms with E-state index in [0.29, 0.717) is 12.3 Å². The lowest BCUT2D eigenvalue weighted by Crippen LogP contribution is -1.97. The average Bonchev–Trinajstić information content (AvgIpc) is 2.37. The van der Waals surface area contributed by atoms with Gasteiger partial charge in [0, 0.05) is 13.3 Å². The van der Waals surface area contributed by atoms with Crippen molar-refractivity contribution in [3.63, 3.8) is 0 Å². The van der Waals surface area contributed by atoms with Crippen LogP contribution in [0.25, 0.3) is 0 Å². The highest BCUT2D eigenvalue weighted by Gasteiger charge is 2.00. The lowest BCUT2D eigenvalue weighted by Gasteiger charge is -2.04. The Morgan fingerprint density at radius 3 is 1.70 bits per heavy atom. The summed E-state index contributed by atoms with van der Waals surface area (Å²) in [5.41, 5.74) is 0. The molecule has 0 aromatic heterocycles. The van der Waals surface area contributed by atoms with Gasteiger partial charge in [0.2, 0.25) is 0 Å². The van der Waals surface area contributed by atoms with Crippen molar-refractivity contribution in [3.05, 3.63) is 0 Å². The highest BCUT2D eigenvalue weighted by molar-refractivity contribution is 5.66. The molecule has 0 radical (unpaired) electrons. The van der Waals surface area contributed by atoms with Gasteiger partial charge in [-0.15, -0.1) is 0 Å². The van der Waals surface area contributed by atoms with Crippen LogP contribution in [0.5, 0.6) is 0 Å². The Bertz CT molecular complexity index is 253. The number of carboxylic acids is 2. The second kappa shape index (κ2) is 17.2. The van der Waals surface area contributed by atoms with E-state index in [9.17, 15) is 9.59 Å². The van der Waals surface area contributed by atoms with Crippen LogP contribution >= 0.6 is 0 Å². The molecule has 0 spiro atoms. The van der Waals surface area contributed by atoms with Gasteiger partial charge >= 0.3 is 12.1 Å². The van der Waals surface area contributed by atoms with E-state index in [4.69, 9.17) is 15.0 Å². The van der Waals surface area contributed by atoms with Crippen molar-refractivity contribution >= 4 is 18.1 Å². The molecule has 0 saturated heterocycles. The van der Waals surface area contributed by atoms with Crippen molar-refractivity contribution in [2.24, 2.45) is 5.92 Å². The third-order valence-corrected chi connectivity index (χ3v) is 2.12. The SMILES string of the molecule is CC(=O)O.CCC(C)CCCC(=O)O.COC(=O)OC. The number of aliphatic carboxylic acids is 2. The van der Waals surface area contributed by atoms with Crippen molar-refractivity contribution in [2.75, 3.05) is 14.2 Å². The summed E-state index contributed by atoms with van der Waals surface area (Å²) < 4.78 is 8.08. The molecule has 0 saturated carbocycles. The van der Waals surface area contributed by atoms with Gasteiger partial charge in [0.05, 0.1) is 14.2 Å². The summed E-state index contributed by atoms with van der Waals surface area (Å²) in [6.07, 6.45) is 2.69. The van der Waals surface area contributed by atoms with Gasteiger partial charge in [-0.1, -0.05) is 26.7 Å². The molecule has 2 N–H and O–H groups in total. The van der Waals surface area contributed by atoms with E-state index in [1.165, 1.54) is 14.2 Å². The number of rotatable bonds is 5. The van der Waals surface area contributed by atoms with Crippen LogP contribution in [0, 0.1) is 5.92 Å². The van der Waals surface area contributed by atoms with E-state index >= 15 is 0 Å². The van der Waals surface area contributed by atoms with Gasteiger partial charge in [-0.25, -0.2) is 4.79 Å². The summed E-state index contributed by atoms with van der Waals surface area (Å²) in [6.45, 7) is 5.37. The molecule has 1 unspecified atom stereocenters. The first-order chi connectivity index (χ1) is 9.20.